The van der Waals surface area contributed by atoms with Crippen LogP contribution < -0.4 is 0 Å². The molecule has 0 unspecified atom stereocenters. The van der Waals surface area contributed by atoms with Crippen molar-refractivity contribution in [2.75, 3.05) is 0 Å². The van der Waals surface area contributed by atoms with Crippen molar-refractivity contribution in [3.63, 3.8) is 0 Å². The Morgan fingerprint density at radius 1 is 0.737 bits per heavy atom. The molecule has 0 saturated heterocycles. The first-order valence-electron chi connectivity index (χ1n) is 6.81. The number of fused-ring (bicyclic) bond motifs is 5. The molecule has 1 saturated carbocycles. The fourth-order valence-corrected chi connectivity index (χ4v) is 4.69. The van der Waals surface area contributed by atoms with Gasteiger partial charge >= 0.3 is 0 Å². The molecule has 2 heteroatoms. The van der Waals surface area contributed by atoms with Gasteiger partial charge in [-0.3, -0.25) is 0 Å². The molecule has 0 radical (unpaired) electrons. The van der Waals surface area contributed by atoms with Gasteiger partial charge in [0.25, 0.3) is 0 Å². The largest absolute Gasteiger partial charge is 0.0564 e. The molecule has 0 nitrogen and oxygen atoms in total. The Labute approximate surface area is 130 Å². The van der Waals surface area contributed by atoms with E-state index in [1.165, 1.54) is 51.3 Å². The van der Waals surface area contributed by atoms with Crippen molar-refractivity contribution >= 4 is 31.9 Å². The number of hydrogen-bond donors (Lipinski definition) is 0. The lowest BCUT2D eigenvalue weighted by molar-refractivity contribution is 0.549. The molecule has 0 aromatic heterocycles. The van der Waals surface area contributed by atoms with Crippen LogP contribution in [0.3, 0.4) is 0 Å². The molecule has 1 spiro atoms. The Hall–Kier alpha value is -0.600. The minimum atomic E-state index is 0.287. The third-order valence-corrected chi connectivity index (χ3v) is 5.73. The van der Waals surface area contributed by atoms with Gasteiger partial charge in [-0.15, -0.1) is 0 Å². The summed E-state index contributed by atoms with van der Waals surface area (Å²) in [5.41, 5.74) is 6.23. The third-order valence-electron chi connectivity index (χ3n) is 4.74. The van der Waals surface area contributed by atoms with Crippen LogP contribution in [0.15, 0.2) is 45.3 Å². The van der Waals surface area contributed by atoms with Gasteiger partial charge in [0.1, 0.15) is 0 Å². The zero-order valence-corrected chi connectivity index (χ0v) is 13.7. The second-order valence-electron chi connectivity index (χ2n) is 5.67. The maximum absolute atomic E-state index is 3.65. The molecule has 19 heavy (non-hydrogen) atoms. The Balaban J connectivity index is 2.07. The number of hydrogen-bond acceptors (Lipinski definition) is 0. The van der Waals surface area contributed by atoms with Crippen molar-refractivity contribution in [1.29, 1.82) is 0 Å². The van der Waals surface area contributed by atoms with Crippen LogP contribution in [-0.4, -0.2) is 0 Å². The van der Waals surface area contributed by atoms with E-state index in [0.717, 1.165) is 0 Å². The lowest BCUT2D eigenvalue weighted by Crippen LogP contribution is -2.20. The van der Waals surface area contributed by atoms with Gasteiger partial charge < -0.3 is 0 Å². The Morgan fingerprint density at radius 3 is 2.21 bits per heavy atom. The van der Waals surface area contributed by atoms with Crippen molar-refractivity contribution in [1.82, 2.24) is 0 Å². The van der Waals surface area contributed by atoms with Crippen LogP contribution in [0.2, 0.25) is 0 Å². The third kappa shape index (κ3) is 1.62. The number of benzene rings is 2. The van der Waals surface area contributed by atoms with E-state index in [9.17, 15) is 0 Å². The Morgan fingerprint density at radius 2 is 1.42 bits per heavy atom. The Bertz CT molecular complexity index is 667. The van der Waals surface area contributed by atoms with Crippen LogP contribution in [0.1, 0.15) is 36.8 Å². The van der Waals surface area contributed by atoms with Crippen LogP contribution >= 0.6 is 31.9 Å². The SMILES string of the molecule is Brc1ccc2c(c1)-c1ccc(Br)cc1C21CCCC1. The molecule has 0 N–H and O–H groups in total. The van der Waals surface area contributed by atoms with E-state index in [1.54, 1.807) is 5.56 Å². The standard InChI is InChI=1S/C17H14Br2/c18-11-4-6-15-14(9-11)13-5-3-12(19)10-16(13)17(15)7-1-2-8-17/h3-6,9-10H,1-2,7-8H2. The lowest BCUT2D eigenvalue weighted by atomic mass is 9.77. The van der Waals surface area contributed by atoms with Crippen LogP contribution in [0.25, 0.3) is 11.1 Å². The predicted octanol–water partition coefficient (Wildman–Crippen LogP) is 6.05. The van der Waals surface area contributed by atoms with Gasteiger partial charge in [0.2, 0.25) is 0 Å². The zero-order valence-electron chi connectivity index (χ0n) is 10.5. The molecule has 0 atom stereocenters. The van der Waals surface area contributed by atoms with Crippen molar-refractivity contribution in [3.05, 3.63) is 56.5 Å². The quantitative estimate of drug-likeness (QED) is 0.524. The second kappa shape index (κ2) is 4.20. The van der Waals surface area contributed by atoms with Gasteiger partial charge in [-0.1, -0.05) is 56.8 Å². The second-order valence-corrected chi connectivity index (χ2v) is 7.50. The highest BCUT2D eigenvalue weighted by molar-refractivity contribution is 9.10. The maximum Gasteiger partial charge on any atom is 0.0215 e. The van der Waals surface area contributed by atoms with E-state index in [0.29, 0.717) is 0 Å². The van der Waals surface area contributed by atoms with Gasteiger partial charge in [-0.05, 0) is 59.4 Å². The molecule has 2 aromatic carbocycles. The molecule has 96 valence electrons. The summed E-state index contributed by atoms with van der Waals surface area (Å²) < 4.78 is 2.37. The minimum Gasteiger partial charge on any atom is -0.0564 e. The normalized spacial score (nSPS) is 18.6. The van der Waals surface area contributed by atoms with Crippen LogP contribution in [-0.2, 0) is 5.41 Å². The molecule has 4 rings (SSSR count). The van der Waals surface area contributed by atoms with Gasteiger partial charge in [0.15, 0.2) is 0 Å². The van der Waals surface area contributed by atoms with Crippen molar-refractivity contribution in [2.45, 2.75) is 31.1 Å². The monoisotopic (exact) mass is 376 g/mol. The van der Waals surface area contributed by atoms with E-state index >= 15 is 0 Å². The molecule has 2 aromatic rings. The van der Waals surface area contributed by atoms with Gasteiger partial charge in [-0.2, -0.15) is 0 Å². The van der Waals surface area contributed by atoms with E-state index in [4.69, 9.17) is 0 Å². The molecular formula is C17H14Br2. The first-order valence-corrected chi connectivity index (χ1v) is 8.40. The van der Waals surface area contributed by atoms with Crippen LogP contribution in [0.5, 0.6) is 0 Å². The van der Waals surface area contributed by atoms with Crippen molar-refractivity contribution in [3.8, 4) is 11.1 Å². The summed E-state index contributed by atoms with van der Waals surface area (Å²) in [6, 6.07) is 13.6. The van der Waals surface area contributed by atoms with Gasteiger partial charge in [0, 0.05) is 14.4 Å². The fraction of sp³-hybridized carbons (Fsp3) is 0.294. The molecule has 1 fully saturated rings. The average Bonchev–Trinajstić information content (AvgIpc) is 2.97. The van der Waals surface area contributed by atoms with Crippen molar-refractivity contribution in [2.24, 2.45) is 0 Å². The summed E-state index contributed by atoms with van der Waals surface area (Å²) in [5, 5.41) is 0. The highest BCUT2D eigenvalue weighted by atomic mass is 79.9. The highest BCUT2D eigenvalue weighted by Gasteiger charge is 2.44. The summed E-state index contributed by atoms with van der Waals surface area (Å²) in [6.07, 6.45) is 5.29. The molecule has 2 aliphatic rings. The first-order chi connectivity index (χ1) is 9.21. The Kier molecular flexibility index (Phi) is 2.69. The van der Waals surface area contributed by atoms with Crippen LogP contribution in [0, 0.1) is 0 Å². The first kappa shape index (κ1) is 12.2. The van der Waals surface area contributed by atoms with Gasteiger partial charge in [0.05, 0.1) is 0 Å². The van der Waals surface area contributed by atoms with Gasteiger partial charge in [-0.25, -0.2) is 0 Å². The van der Waals surface area contributed by atoms with Crippen molar-refractivity contribution < 1.29 is 0 Å². The van der Waals surface area contributed by atoms with E-state index in [-0.39, 0.29) is 5.41 Å². The number of halogens is 2. The minimum absolute atomic E-state index is 0.287. The summed E-state index contributed by atoms with van der Waals surface area (Å²) in [5.74, 6) is 0. The lowest BCUT2D eigenvalue weighted by Gasteiger charge is -2.26. The van der Waals surface area contributed by atoms with Crippen LogP contribution in [0.4, 0.5) is 0 Å². The molecule has 0 amide bonds. The van der Waals surface area contributed by atoms with E-state index in [2.05, 4.69) is 68.3 Å². The molecular weight excluding hydrogens is 364 g/mol. The number of rotatable bonds is 0. The fourth-order valence-electron chi connectivity index (χ4n) is 3.97. The summed E-state index contributed by atoms with van der Waals surface area (Å²) in [7, 11) is 0. The molecule has 0 bridgehead atoms. The summed E-state index contributed by atoms with van der Waals surface area (Å²) in [4.78, 5) is 0. The maximum atomic E-state index is 3.65. The summed E-state index contributed by atoms with van der Waals surface area (Å²) in [6.45, 7) is 0. The predicted molar refractivity (Wildman–Crippen MR) is 86.5 cm³/mol. The molecule has 2 aliphatic carbocycles. The summed E-state index contributed by atoms with van der Waals surface area (Å²) >= 11 is 7.26. The zero-order chi connectivity index (χ0) is 13.0. The average molecular weight is 378 g/mol. The van der Waals surface area contributed by atoms with E-state index in [1.807, 2.05) is 0 Å². The smallest absolute Gasteiger partial charge is 0.0215 e. The topological polar surface area (TPSA) is 0 Å². The molecule has 0 heterocycles. The van der Waals surface area contributed by atoms with E-state index < -0.39 is 0 Å². The highest BCUT2D eigenvalue weighted by Crippen LogP contribution is 2.57. The molecule has 0 aliphatic heterocycles.